The van der Waals surface area contributed by atoms with Crippen LogP contribution >= 0.6 is 23.8 Å². The third-order valence-electron chi connectivity index (χ3n) is 5.68. The number of anilines is 2. The number of aromatic nitrogens is 1. The van der Waals surface area contributed by atoms with Gasteiger partial charge < -0.3 is 15.3 Å². The number of hydrogen-bond donors (Lipinski definition) is 2. The largest absolute Gasteiger partial charge is 0.371 e. The van der Waals surface area contributed by atoms with Gasteiger partial charge in [-0.05, 0) is 55.7 Å². The van der Waals surface area contributed by atoms with Crippen molar-refractivity contribution in [2.24, 2.45) is 0 Å². The van der Waals surface area contributed by atoms with E-state index in [4.69, 9.17) is 29.1 Å². The van der Waals surface area contributed by atoms with Gasteiger partial charge >= 0.3 is 0 Å². The number of amides is 1. The molecular formula is C20H17ClFN5O2S. The minimum absolute atomic E-state index is 0.0714. The van der Waals surface area contributed by atoms with Crippen molar-refractivity contribution in [3.8, 4) is 6.07 Å². The maximum atomic E-state index is 14.6. The number of rotatable bonds is 3. The second kappa shape index (κ2) is 7.47. The summed E-state index contributed by atoms with van der Waals surface area (Å²) < 4.78 is 14.6. The van der Waals surface area contributed by atoms with Gasteiger partial charge in [0.2, 0.25) is 0 Å². The van der Waals surface area contributed by atoms with Gasteiger partial charge in [0.15, 0.2) is 17.0 Å². The van der Waals surface area contributed by atoms with Gasteiger partial charge in [-0.25, -0.2) is 9.37 Å². The van der Waals surface area contributed by atoms with E-state index in [1.165, 1.54) is 36.3 Å². The molecule has 1 saturated heterocycles. The predicted molar refractivity (Wildman–Crippen MR) is 114 cm³/mol. The Balaban J connectivity index is 1.77. The molecule has 1 amide bonds. The molecule has 1 spiro atoms. The van der Waals surface area contributed by atoms with Crippen molar-refractivity contribution >= 4 is 46.2 Å². The standard InChI is InChI=1S/C20H17ClFN5O2S/c1-24-17(28)13-4-3-11(8-15(13)22)27-19(30)26(18(29)20(27)5-2-6-20)12-7-14(21)16(9-23)25-10-12/h3-4,7-8,10,18,29H,2,5-6H2,1H3,(H,24,28). The normalized spacial score (nSPS) is 19.6. The summed E-state index contributed by atoms with van der Waals surface area (Å²) in [6, 6.07) is 7.67. The fourth-order valence-electron chi connectivity index (χ4n) is 4.00. The molecule has 0 bridgehead atoms. The zero-order valence-corrected chi connectivity index (χ0v) is 17.5. The number of hydrogen-bond acceptors (Lipinski definition) is 5. The highest BCUT2D eigenvalue weighted by molar-refractivity contribution is 7.80. The molecule has 30 heavy (non-hydrogen) atoms. The van der Waals surface area contributed by atoms with E-state index in [0.717, 1.165) is 6.42 Å². The summed E-state index contributed by atoms with van der Waals surface area (Å²) in [5.41, 5.74) is 0.154. The van der Waals surface area contributed by atoms with Gasteiger partial charge in [0.25, 0.3) is 5.91 Å². The quantitative estimate of drug-likeness (QED) is 0.701. The molecule has 1 aliphatic heterocycles. The lowest BCUT2D eigenvalue weighted by Gasteiger charge is -2.46. The van der Waals surface area contributed by atoms with E-state index in [9.17, 15) is 14.3 Å². The Bertz CT molecular complexity index is 1100. The van der Waals surface area contributed by atoms with Gasteiger partial charge in [-0.1, -0.05) is 11.6 Å². The molecule has 2 heterocycles. The number of pyridine rings is 1. The molecule has 1 aromatic carbocycles. The fourth-order valence-corrected chi connectivity index (χ4v) is 4.70. The lowest BCUT2D eigenvalue weighted by atomic mass is 9.74. The van der Waals surface area contributed by atoms with E-state index in [1.54, 1.807) is 11.0 Å². The monoisotopic (exact) mass is 445 g/mol. The Morgan fingerprint density at radius 1 is 1.43 bits per heavy atom. The summed E-state index contributed by atoms with van der Waals surface area (Å²) in [5.74, 6) is -1.21. The van der Waals surface area contributed by atoms with E-state index in [1.807, 2.05) is 6.07 Å². The van der Waals surface area contributed by atoms with Crippen molar-refractivity contribution in [1.29, 1.82) is 5.26 Å². The van der Waals surface area contributed by atoms with E-state index in [-0.39, 0.29) is 21.4 Å². The molecule has 1 aromatic heterocycles. The van der Waals surface area contributed by atoms with E-state index in [2.05, 4.69) is 10.3 Å². The zero-order chi connectivity index (χ0) is 21.6. The smallest absolute Gasteiger partial charge is 0.253 e. The third-order valence-corrected chi connectivity index (χ3v) is 6.35. The number of nitriles is 1. The van der Waals surface area contributed by atoms with Crippen molar-refractivity contribution in [3.05, 3.63) is 52.6 Å². The molecule has 2 fully saturated rings. The van der Waals surface area contributed by atoms with Crippen LogP contribution in [0, 0.1) is 17.1 Å². The second-order valence-corrected chi connectivity index (χ2v) is 7.97. The summed E-state index contributed by atoms with van der Waals surface area (Å²) >= 11 is 11.8. The first-order valence-corrected chi connectivity index (χ1v) is 10.0. The van der Waals surface area contributed by atoms with Crippen molar-refractivity contribution < 1.29 is 14.3 Å². The van der Waals surface area contributed by atoms with E-state index < -0.39 is 23.5 Å². The van der Waals surface area contributed by atoms with Crippen LogP contribution in [0.5, 0.6) is 0 Å². The van der Waals surface area contributed by atoms with Crippen molar-refractivity contribution in [1.82, 2.24) is 10.3 Å². The topological polar surface area (TPSA) is 92.5 Å². The molecule has 4 rings (SSSR count). The maximum absolute atomic E-state index is 14.6. The van der Waals surface area contributed by atoms with Gasteiger partial charge in [-0.15, -0.1) is 0 Å². The number of benzene rings is 1. The first-order valence-electron chi connectivity index (χ1n) is 9.23. The second-order valence-electron chi connectivity index (χ2n) is 7.20. The van der Waals surface area contributed by atoms with Crippen LogP contribution in [0.4, 0.5) is 15.8 Å². The van der Waals surface area contributed by atoms with Gasteiger partial charge in [0.05, 0.1) is 28.0 Å². The number of nitrogens with one attached hydrogen (secondary N) is 1. The number of thiocarbonyl (C=S) groups is 1. The maximum Gasteiger partial charge on any atom is 0.253 e. The minimum Gasteiger partial charge on any atom is -0.371 e. The number of carbonyl (C=O) groups excluding carboxylic acids is 1. The van der Waals surface area contributed by atoms with E-state index in [0.29, 0.717) is 24.2 Å². The molecular weight excluding hydrogens is 429 g/mol. The molecule has 1 aliphatic carbocycles. The van der Waals surface area contributed by atoms with Crippen LogP contribution in [0.3, 0.4) is 0 Å². The molecule has 7 nitrogen and oxygen atoms in total. The Hall–Kier alpha value is -2.80. The van der Waals surface area contributed by atoms with Gasteiger partial charge in [0.1, 0.15) is 11.9 Å². The van der Waals surface area contributed by atoms with Gasteiger partial charge in [-0.2, -0.15) is 5.26 Å². The van der Waals surface area contributed by atoms with Crippen LogP contribution in [-0.4, -0.2) is 39.9 Å². The summed E-state index contributed by atoms with van der Waals surface area (Å²) in [6.45, 7) is 0. The number of aliphatic hydroxyl groups is 1. The summed E-state index contributed by atoms with van der Waals surface area (Å²) in [6.07, 6.45) is 2.61. The zero-order valence-electron chi connectivity index (χ0n) is 15.9. The highest BCUT2D eigenvalue weighted by Gasteiger charge is 2.59. The minimum atomic E-state index is -1.01. The Labute approximate surface area is 182 Å². The first-order chi connectivity index (χ1) is 14.3. The first kappa shape index (κ1) is 20.5. The number of aliphatic hydroxyl groups excluding tert-OH is 1. The van der Waals surface area contributed by atoms with Crippen LogP contribution in [0.25, 0.3) is 0 Å². The van der Waals surface area contributed by atoms with Crippen LogP contribution < -0.4 is 15.1 Å². The van der Waals surface area contributed by atoms with Crippen LogP contribution in [0.15, 0.2) is 30.5 Å². The SMILES string of the molecule is CNC(=O)c1ccc(N2C(=S)N(c3cnc(C#N)c(Cl)c3)C(O)C23CCC3)cc1F. The predicted octanol–water partition coefficient (Wildman–Crippen LogP) is 2.96. The number of halogens is 2. The van der Waals surface area contributed by atoms with Gasteiger partial charge in [-0.3, -0.25) is 9.69 Å². The lowest BCUT2D eigenvalue weighted by molar-refractivity contribution is 0.0596. The average molecular weight is 446 g/mol. The Morgan fingerprint density at radius 3 is 2.70 bits per heavy atom. The van der Waals surface area contributed by atoms with E-state index >= 15 is 0 Å². The molecule has 1 saturated carbocycles. The summed E-state index contributed by atoms with van der Waals surface area (Å²) in [4.78, 5) is 19.1. The summed E-state index contributed by atoms with van der Waals surface area (Å²) in [5, 5.41) is 23.0. The average Bonchev–Trinajstić information content (AvgIpc) is 2.94. The van der Waals surface area contributed by atoms with Gasteiger partial charge in [0, 0.05) is 12.7 Å². The molecule has 2 aromatic rings. The molecule has 2 aliphatic rings. The third kappa shape index (κ3) is 2.91. The Morgan fingerprint density at radius 2 is 2.17 bits per heavy atom. The lowest BCUT2D eigenvalue weighted by Crippen LogP contribution is -2.57. The molecule has 2 N–H and O–H groups in total. The molecule has 0 radical (unpaired) electrons. The molecule has 154 valence electrons. The number of nitrogens with zero attached hydrogens (tertiary/aromatic N) is 4. The van der Waals surface area contributed by atoms with Crippen LogP contribution in [0.2, 0.25) is 5.02 Å². The molecule has 10 heteroatoms. The van der Waals surface area contributed by atoms with Crippen molar-refractivity contribution in [2.75, 3.05) is 16.8 Å². The molecule has 1 atom stereocenters. The van der Waals surface area contributed by atoms with Crippen molar-refractivity contribution in [2.45, 2.75) is 31.0 Å². The Kier molecular flexibility index (Phi) is 5.10. The highest BCUT2D eigenvalue weighted by atomic mass is 35.5. The highest BCUT2D eigenvalue weighted by Crippen LogP contribution is 2.50. The molecule has 1 unspecified atom stereocenters. The van der Waals surface area contributed by atoms with Crippen LogP contribution in [0.1, 0.15) is 35.3 Å². The van der Waals surface area contributed by atoms with Crippen molar-refractivity contribution in [3.63, 3.8) is 0 Å². The number of carbonyl (C=O) groups is 1. The summed E-state index contributed by atoms with van der Waals surface area (Å²) in [7, 11) is 1.43. The van der Waals surface area contributed by atoms with Crippen LogP contribution in [-0.2, 0) is 0 Å². The fraction of sp³-hybridized carbons (Fsp3) is 0.300.